The molecule has 0 aliphatic carbocycles. The SMILES string of the molecule is CCc1c(C2CCN(CCCSc3ccc(F)cc3)CC2)c2ccccc2n1C#N. The van der Waals surface area contributed by atoms with E-state index in [0.29, 0.717) is 5.92 Å². The number of nitriles is 1. The summed E-state index contributed by atoms with van der Waals surface area (Å²) in [5, 5.41) is 11.0. The number of hydrogen-bond donors (Lipinski definition) is 0. The van der Waals surface area contributed by atoms with Crippen molar-refractivity contribution >= 4 is 22.7 Å². The summed E-state index contributed by atoms with van der Waals surface area (Å²) in [4.78, 5) is 3.70. The number of para-hydroxylation sites is 1. The largest absolute Gasteiger partial charge is 0.303 e. The van der Waals surface area contributed by atoms with Gasteiger partial charge in [0.25, 0.3) is 0 Å². The van der Waals surface area contributed by atoms with Gasteiger partial charge in [0.2, 0.25) is 0 Å². The standard InChI is InChI=1S/C25H28FN3S/c1-2-23-25(22-6-3-4-7-24(22)29(23)18-27)19-12-15-28(16-13-19)14-5-17-30-21-10-8-20(26)9-11-21/h3-4,6-11,19H,2,5,12-17H2,1H3. The van der Waals surface area contributed by atoms with E-state index in [1.165, 1.54) is 28.8 Å². The van der Waals surface area contributed by atoms with Crippen molar-refractivity contribution in [1.29, 1.82) is 5.26 Å². The molecule has 2 heterocycles. The zero-order chi connectivity index (χ0) is 20.9. The fourth-order valence-electron chi connectivity index (χ4n) is 4.69. The Morgan fingerprint density at radius 3 is 2.53 bits per heavy atom. The lowest BCUT2D eigenvalue weighted by Gasteiger charge is -2.32. The number of benzene rings is 2. The van der Waals surface area contributed by atoms with Gasteiger partial charge in [-0.05, 0) is 92.9 Å². The van der Waals surface area contributed by atoms with E-state index >= 15 is 0 Å². The summed E-state index contributed by atoms with van der Waals surface area (Å²) in [6.07, 6.45) is 6.72. The molecule has 0 unspecified atom stereocenters. The average Bonchev–Trinajstić information content (AvgIpc) is 3.12. The van der Waals surface area contributed by atoms with E-state index in [1.54, 1.807) is 11.8 Å². The van der Waals surface area contributed by atoms with Gasteiger partial charge in [-0.3, -0.25) is 4.57 Å². The molecule has 156 valence electrons. The first-order valence-corrected chi connectivity index (χ1v) is 11.8. The van der Waals surface area contributed by atoms with Gasteiger partial charge in [-0.1, -0.05) is 25.1 Å². The smallest absolute Gasteiger partial charge is 0.189 e. The molecule has 1 aromatic heterocycles. The first-order valence-electron chi connectivity index (χ1n) is 10.8. The Kier molecular flexibility index (Phi) is 6.76. The molecule has 0 radical (unpaired) electrons. The van der Waals surface area contributed by atoms with Crippen LogP contribution in [0.1, 0.15) is 43.4 Å². The number of nitrogens with zero attached hydrogens (tertiary/aromatic N) is 3. The summed E-state index contributed by atoms with van der Waals surface area (Å²) >= 11 is 1.80. The van der Waals surface area contributed by atoms with Crippen molar-refractivity contribution in [3.05, 3.63) is 65.6 Å². The van der Waals surface area contributed by atoms with Crippen LogP contribution in [0, 0.1) is 17.3 Å². The molecule has 0 atom stereocenters. The predicted octanol–water partition coefficient (Wildman–Crippen LogP) is 6.03. The summed E-state index contributed by atoms with van der Waals surface area (Å²) in [6.45, 7) is 5.49. The van der Waals surface area contributed by atoms with E-state index in [2.05, 4.69) is 36.2 Å². The lowest BCUT2D eigenvalue weighted by Crippen LogP contribution is -2.34. The van der Waals surface area contributed by atoms with Gasteiger partial charge in [0, 0.05) is 16.0 Å². The van der Waals surface area contributed by atoms with Crippen molar-refractivity contribution in [2.45, 2.75) is 43.4 Å². The fraction of sp³-hybridized carbons (Fsp3) is 0.400. The highest BCUT2D eigenvalue weighted by Gasteiger charge is 2.26. The maximum atomic E-state index is 13.0. The summed E-state index contributed by atoms with van der Waals surface area (Å²) in [7, 11) is 0. The Bertz CT molecular complexity index is 1030. The number of thioether (sulfide) groups is 1. The maximum Gasteiger partial charge on any atom is 0.189 e. The van der Waals surface area contributed by atoms with E-state index in [4.69, 9.17) is 0 Å². The van der Waals surface area contributed by atoms with E-state index in [9.17, 15) is 9.65 Å². The number of fused-ring (bicyclic) bond motifs is 1. The van der Waals surface area contributed by atoms with Crippen molar-refractivity contribution < 1.29 is 4.39 Å². The normalized spacial score (nSPS) is 15.5. The molecule has 1 fully saturated rings. The molecule has 3 aromatic rings. The topological polar surface area (TPSA) is 32.0 Å². The maximum absolute atomic E-state index is 13.0. The molecule has 0 spiro atoms. The van der Waals surface area contributed by atoms with Crippen LogP contribution in [-0.2, 0) is 6.42 Å². The van der Waals surface area contributed by atoms with E-state index in [0.717, 1.165) is 61.5 Å². The average molecular weight is 422 g/mol. The number of aromatic nitrogens is 1. The van der Waals surface area contributed by atoms with Gasteiger partial charge < -0.3 is 4.90 Å². The summed E-state index contributed by atoms with van der Waals surface area (Å²) < 4.78 is 14.8. The van der Waals surface area contributed by atoms with Crippen LogP contribution in [0.4, 0.5) is 4.39 Å². The molecular weight excluding hydrogens is 393 g/mol. The van der Waals surface area contributed by atoms with Gasteiger partial charge in [-0.2, -0.15) is 5.26 Å². The minimum atomic E-state index is -0.175. The highest BCUT2D eigenvalue weighted by Crippen LogP contribution is 2.37. The summed E-state index contributed by atoms with van der Waals surface area (Å²) in [5.74, 6) is 1.41. The molecule has 0 bridgehead atoms. The Hall–Kier alpha value is -2.29. The van der Waals surface area contributed by atoms with Crippen LogP contribution in [0.15, 0.2) is 53.4 Å². The molecule has 3 nitrogen and oxygen atoms in total. The number of halogens is 1. The second kappa shape index (κ2) is 9.68. The number of piperidine rings is 1. The molecule has 5 heteroatoms. The van der Waals surface area contributed by atoms with Gasteiger partial charge in [0.1, 0.15) is 5.82 Å². The lowest BCUT2D eigenvalue weighted by molar-refractivity contribution is 0.213. The molecule has 4 rings (SSSR count). The highest BCUT2D eigenvalue weighted by molar-refractivity contribution is 7.99. The molecule has 30 heavy (non-hydrogen) atoms. The third-order valence-electron chi connectivity index (χ3n) is 6.15. The molecular formula is C25H28FN3S. The number of likely N-dealkylation sites (tertiary alicyclic amines) is 1. The molecule has 0 N–H and O–H groups in total. The molecule has 1 aliphatic heterocycles. The van der Waals surface area contributed by atoms with Gasteiger partial charge in [-0.15, -0.1) is 11.8 Å². The van der Waals surface area contributed by atoms with E-state index in [-0.39, 0.29) is 5.82 Å². The summed E-state index contributed by atoms with van der Waals surface area (Å²) in [6, 6.07) is 15.1. The molecule has 0 saturated carbocycles. The van der Waals surface area contributed by atoms with E-state index in [1.807, 2.05) is 22.8 Å². The van der Waals surface area contributed by atoms with Crippen LogP contribution >= 0.6 is 11.8 Å². The second-order valence-corrected chi connectivity index (χ2v) is 9.11. The van der Waals surface area contributed by atoms with Gasteiger partial charge in [-0.25, -0.2) is 4.39 Å². The number of hydrogen-bond acceptors (Lipinski definition) is 3. The third-order valence-corrected chi connectivity index (χ3v) is 7.25. The monoisotopic (exact) mass is 421 g/mol. The van der Waals surface area contributed by atoms with Crippen LogP contribution in [0.5, 0.6) is 0 Å². The first-order chi connectivity index (χ1) is 14.7. The van der Waals surface area contributed by atoms with Crippen LogP contribution in [0.2, 0.25) is 0 Å². The minimum Gasteiger partial charge on any atom is -0.303 e. The molecule has 2 aromatic carbocycles. The Morgan fingerprint density at radius 1 is 1.10 bits per heavy atom. The Balaban J connectivity index is 1.34. The second-order valence-electron chi connectivity index (χ2n) is 7.94. The van der Waals surface area contributed by atoms with Crippen molar-refractivity contribution in [3.8, 4) is 6.19 Å². The minimum absolute atomic E-state index is 0.175. The van der Waals surface area contributed by atoms with Crippen LogP contribution in [-0.4, -0.2) is 34.9 Å². The zero-order valence-electron chi connectivity index (χ0n) is 17.5. The van der Waals surface area contributed by atoms with Gasteiger partial charge >= 0.3 is 0 Å². The van der Waals surface area contributed by atoms with Crippen LogP contribution in [0.25, 0.3) is 10.9 Å². The Labute approximate surface area is 182 Å². The molecule has 1 aliphatic rings. The fourth-order valence-corrected chi connectivity index (χ4v) is 5.53. The van der Waals surface area contributed by atoms with Gasteiger partial charge in [0.15, 0.2) is 6.19 Å². The van der Waals surface area contributed by atoms with Crippen molar-refractivity contribution in [3.63, 3.8) is 0 Å². The molecule has 0 amide bonds. The zero-order valence-corrected chi connectivity index (χ0v) is 18.3. The highest BCUT2D eigenvalue weighted by atomic mass is 32.2. The van der Waals surface area contributed by atoms with E-state index < -0.39 is 0 Å². The van der Waals surface area contributed by atoms with Crippen LogP contribution < -0.4 is 0 Å². The number of rotatable bonds is 7. The van der Waals surface area contributed by atoms with Crippen LogP contribution in [0.3, 0.4) is 0 Å². The van der Waals surface area contributed by atoms with Gasteiger partial charge in [0.05, 0.1) is 5.52 Å². The lowest BCUT2D eigenvalue weighted by atomic mass is 9.87. The predicted molar refractivity (Wildman–Crippen MR) is 122 cm³/mol. The van der Waals surface area contributed by atoms with Crippen molar-refractivity contribution in [2.24, 2.45) is 0 Å². The first kappa shape index (κ1) is 21.0. The third kappa shape index (κ3) is 4.40. The van der Waals surface area contributed by atoms with Crippen molar-refractivity contribution in [1.82, 2.24) is 9.47 Å². The summed E-state index contributed by atoms with van der Waals surface area (Å²) in [5.41, 5.74) is 3.64. The quantitative estimate of drug-likeness (QED) is 0.345. The Morgan fingerprint density at radius 2 is 1.83 bits per heavy atom. The van der Waals surface area contributed by atoms with Crippen molar-refractivity contribution in [2.75, 3.05) is 25.4 Å². The molecule has 1 saturated heterocycles.